The van der Waals surface area contributed by atoms with Gasteiger partial charge in [0.2, 0.25) is 0 Å². The molecule has 0 atom stereocenters. The Morgan fingerprint density at radius 3 is 2.73 bits per heavy atom. The first-order valence-corrected chi connectivity index (χ1v) is 6.93. The fourth-order valence-electron chi connectivity index (χ4n) is 1.84. The van der Waals surface area contributed by atoms with Gasteiger partial charge in [0, 0.05) is 5.56 Å². The average molecular weight is 294 g/mol. The molecule has 0 heterocycles. The Morgan fingerprint density at radius 1 is 1.27 bits per heavy atom. The summed E-state index contributed by atoms with van der Waals surface area (Å²) in [7, 11) is 0. The maximum Gasteiger partial charge on any atom is 0.271 e. The van der Waals surface area contributed by atoms with E-state index in [9.17, 15) is 4.79 Å². The molecule has 112 valence electrons. The number of hydrogen-bond acceptors (Lipinski definition) is 3. The summed E-state index contributed by atoms with van der Waals surface area (Å²) >= 11 is 0. The van der Waals surface area contributed by atoms with E-state index >= 15 is 0 Å². The lowest BCUT2D eigenvalue weighted by molar-refractivity contribution is 0.0955. The third kappa shape index (κ3) is 4.59. The third-order valence-electron chi connectivity index (χ3n) is 2.91. The number of benzene rings is 2. The molecule has 2 rings (SSSR count). The summed E-state index contributed by atoms with van der Waals surface area (Å²) in [4.78, 5) is 11.9. The van der Waals surface area contributed by atoms with Crippen LogP contribution in [0.2, 0.25) is 0 Å². The van der Waals surface area contributed by atoms with E-state index in [1.54, 1.807) is 36.6 Å². The van der Waals surface area contributed by atoms with Gasteiger partial charge in [0.05, 0.1) is 6.21 Å². The molecule has 2 aromatic carbocycles. The predicted octanol–water partition coefficient (Wildman–Crippen LogP) is 3.32. The number of rotatable bonds is 6. The summed E-state index contributed by atoms with van der Waals surface area (Å²) < 4.78 is 5.36. The van der Waals surface area contributed by atoms with E-state index < -0.39 is 0 Å². The highest BCUT2D eigenvalue weighted by Crippen LogP contribution is 2.12. The van der Waals surface area contributed by atoms with Crippen LogP contribution in [0.1, 0.15) is 21.5 Å². The maximum absolute atomic E-state index is 11.9. The number of hydrogen-bond donors (Lipinski definition) is 1. The molecule has 4 nitrogen and oxygen atoms in total. The Labute approximate surface area is 130 Å². The number of hydrazone groups is 1. The lowest BCUT2D eigenvalue weighted by Gasteiger charge is -2.04. The minimum absolute atomic E-state index is 0.265. The van der Waals surface area contributed by atoms with Gasteiger partial charge in [0.15, 0.2) is 0 Å². The van der Waals surface area contributed by atoms with Crippen molar-refractivity contribution in [3.63, 3.8) is 0 Å². The Hall–Kier alpha value is -2.88. The average Bonchev–Trinajstić information content (AvgIpc) is 2.53. The zero-order chi connectivity index (χ0) is 15.8. The zero-order valence-electron chi connectivity index (χ0n) is 12.5. The van der Waals surface area contributed by atoms with E-state index in [0.29, 0.717) is 17.9 Å². The number of ether oxygens (including phenoxy) is 1. The highest BCUT2D eigenvalue weighted by atomic mass is 16.5. The van der Waals surface area contributed by atoms with Gasteiger partial charge in [-0.05, 0) is 36.8 Å². The first kappa shape index (κ1) is 15.5. The number of nitrogens with one attached hydrogen (secondary N) is 1. The first-order chi connectivity index (χ1) is 10.7. The van der Waals surface area contributed by atoms with Gasteiger partial charge in [-0.2, -0.15) is 5.10 Å². The molecule has 1 N–H and O–H groups in total. The van der Waals surface area contributed by atoms with Crippen LogP contribution in [0, 0.1) is 6.92 Å². The number of nitrogens with zero attached hydrogens (tertiary/aromatic N) is 1. The van der Waals surface area contributed by atoms with Crippen molar-refractivity contribution in [1.82, 2.24) is 5.43 Å². The zero-order valence-corrected chi connectivity index (χ0v) is 12.5. The van der Waals surface area contributed by atoms with Crippen LogP contribution in [0.25, 0.3) is 0 Å². The van der Waals surface area contributed by atoms with Crippen LogP contribution in [-0.4, -0.2) is 18.7 Å². The molecule has 0 aliphatic carbocycles. The molecular formula is C18H18N2O2. The molecule has 1 amide bonds. The van der Waals surface area contributed by atoms with Crippen LogP contribution < -0.4 is 10.2 Å². The van der Waals surface area contributed by atoms with E-state index in [1.165, 1.54) is 0 Å². The first-order valence-electron chi connectivity index (χ1n) is 6.93. The third-order valence-corrected chi connectivity index (χ3v) is 2.91. The van der Waals surface area contributed by atoms with Gasteiger partial charge >= 0.3 is 0 Å². The van der Waals surface area contributed by atoms with Crippen molar-refractivity contribution in [2.45, 2.75) is 6.92 Å². The fraction of sp³-hybridized carbons (Fsp3) is 0.111. The van der Waals surface area contributed by atoms with Crippen molar-refractivity contribution in [3.05, 3.63) is 77.9 Å². The second-order valence-electron chi connectivity index (χ2n) is 4.74. The predicted molar refractivity (Wildman–Crippen MR) is 88.4 cm³/mol. The molecule has 0 spiro atoms. The number of carbonyl (C=O) groups excluding carboxylic acids is 1. The SMILES string of the molecule is C=CCOc1ccc(C(=O)N/N=C/c2cccc(C)c2)cc1. The molecule has 0 saturated heterocycles. The second kappa shape index (κ2) is 7.78. The van der Waals surface area contributed by atoms with E-state index in [1.807, 2.05) is 31.2 Å². The summed E-state index contributed by atoms with van der Waals surface area (Å²) in [6, 6.07) is 14.7. The molecule has 0 aliphatic rings. The van der Waals surface area contributed by atoms with Crippen molar-refractivity contribution in [3.8, 4) is 5.75 Å². The van der Waals surface area contributed by atoms with Crippen molar-refractivity contribution < 1.29 is 9.53 Å². The van der Waals surface area contributed by atoms with Crippen LogP contribution in [0.5, 0.6) is 5.75 Å². The van der Waals surface area contributed by atoms with Gasteiger partial charge in [-0.3, -0.25) is 4.79 Å². The lowest BCUT2D eigenvalue weighted by Crippen LogP contribution is -2.17. The number of aryl methyl sites for hydroxylation is 1. The largest absolute Gasteiger partial charge is 0.490 e. The molecule has 0 bridgehead atoms. The monoisotopic (exact) mass is 294 g/mol. The Morgan fingerprint density at radius 2 is 2.05 bits per heavy atom. The molecule has 0 saturated carbocycles. The highest BCUT2D eigenvalue weighted by Gasteiger charge is 2.04. The van der Waals surface area contributed by atoms with E-state index in [0.717, 1.165) is 11.1 Å². The minimum atomic E-state index is -0.265. The minimum Gasteiger partial charge on any atom is -0.490 e. The smallest absolute Gasteiger partial charge is 0.271 e. The highest BCUT2D eigenvalue weighted by molar-refractivity contribution is 5.95. The Kier molecular flexibility index (Phi) is 5.49. The summed E-state index contributed by atoms with van der Waals surface area (Å²) in [5.41, 5.74) is 5.11. The summed E-state index contributed by atoms with van der Waals surface area (Å²) in [6.45, 7) is 6.02. The topological polar surface area (TPSA) is 50.7 Å². The van der Waals surface area contributed by atoms with E-state index in [4.69, 9.17) is 4.74 Å². The van der Waals surface area contributed by atoms with Gasteiger partial charge in [-0.25, -0.2) is 5.43 Å². The van der Waals surface area contributed by atoms with Crippen molar-refractivity contribution >= 4 is 12.1 Å². The van der Waals surface area contributed by atoms with Crippen LogP contribution in [0.3, 0.4) is 0 Å². The number of amides is 1. The summed E-state index contributed by atoms with van der Waals surface area (Å²) in [5, 5.41) is 3.96. The lowest BCUT2D eigenvalue weighted by atomic mass is 10.2. The fourth-order valence-corrected chi connectivity index (χ4v) is 1.84. The molecular weight excluding hydrogens is 276 g/mol. The van der Waals surface area contributed by atoms with Crippen molar-refractivity contribution in [1.29, 1.82) is 0 Å². The van der Waals surface area contributed by atoms with Crippen molar-refractivity contribution in [2.24, 2.45) is 5.10 Å². The van der Waals surface area contributed by atoms with Crippen molar-refractivity contribution in [2.75, 3.05) is 6.61 Å². The standard InChI is InChI=1S/C18H18N2O2/c1-3-11-22-17-9-7-16(8-10-17)18(21)20-19-13-15-6-4-5-14(2)12-15/h3-10,12-13H,1,11H2,2H3,(H,20,21)/b19-13+. The maximum atomic E-state index is 11.9. The molecule has 0 fully saturated rings. The van der Waals surface area contributed by atoms with E-state index in [2.05, 4.69) is 17.1 Å². The Balaban J connectivity index is 1.93. The van der Waals surface area contributed by atoms with Crippen LogP contribution >= 0.6 is 0 Å². The molecule has 0 aliphatic heterocycles. The molecule has 0 radical (unpaired) electrons. The molecule has 2 aromatic rings. The molecule has 0 unspecified atom stereocenters. The van der Waals surface area contributed by atoms with E-state index in [-0.39, 0.29) is 5.91 Å². The molecule has 22 heavy (non-hydrogen) atoms. The number of carbonyl (C=O) groups is 1. The normalized spacial score (nSPS) is 10.4. The second-order valence-corrected chi connectivity index (χ2v) is 4.74. The summed E-state index contributed by atoms with van der Waals surface area (Å²) in [5.74, 6) is 0.430. The Bertz CT molecular complexity index is 676. The quantitative estimate of drug-likeness (QED) is 0.505. The van der Waals surface area contributed by atoms with Gasteiger partial charge in [-0.15, -0.1) is 0 Å². The van der Waals surface area contributed by atoms with Crippen LogP contribution in [-0.2, 0) is 0 Å². The van der Waals surface area contributed by atoms with Gasteiger partial charge < -0.3 is 4.74 Å². The van der Waals surface area contributed by atoms with Gasteiger partial charge in [0.25, 0.3) is 5.91 Å². The van der Waals surface area contributed by atoms with Crippen LogP contribution in [0.4, 0.5) is 0 Å². The molecule has 0 aromatic heterocycles. The van der Waals surface area contributed by atoms with Gasteiger partial charge in [0.1, 0.15) is 12.4 Å². The molecule has 4 heteroatoms. The summed E-state index contributed by atoms with van der Waals surface area (Å²) in [6.07, 6.45) is 3.28. The van der Waals surface area contributed by atoms with Gasteiger partial charge in [-0.1, -0.05) is 42.5 Å². The van der Waals surface area contributed by atoms with Crippen LogP contribution in [0.15, 0.2) is 66.3 Å².